The molecule has 1 aromatic rings. The Morgan fingerprint density at radius 3 is 2.56 bits per heavy atom. The number of amides is 1. The summed E-state index contributed by atoms with van der Waals surface area (Å²) in [5.74, 6) is 0.133. The molecule has 0 bridgehead atoms. The molecule has 1 saturated heterocycles. The van der Waals surface area contributed by atoms with Gasteiger partial charge in [0.05, 0.1) is 0 Å². The van der Waals surface area contributed by atoms with E-state index in [-0.39, 0.29) is 16.6 Å². The third kappa shape index (κ3) is 3.58. The minimum atomic E-state index is -3.88. The number of sulfonamides is 1. The number of hydrogen-bond acceptors (Lipinski definition) is 6. The largest absolute Gasteiger partial charge is 0.360 e. The predicted octanol–water partition coefficient (Wildman–Crippen LogP) is 0.704. The average molecular weight is 370 g/mol. The highest BCUT2D eigenvalue weighted by molar-refractivity contribution is 7.89. The lowest BCUT2D eigenvalue weighted by Crippen LogP contribution is -2.58. The number of carbonyl (C=O) groups excluding carboxylic acids is 1. The highest BCUT2D eigenvalue weighted by Crippen LogP contribution is 2.34. The first-order valence-electron chi connectivity index (χ1n) is 8.83. The first-order valence-corrected chi connectivity index (χ1v) is 10.3. The zero-order chi connectivity index (χ0) is 18.1. The number of aryl methyl sites for hydroxylation is 2. The van der Waals surface area contributed by atoms with Gasteiger partial charge in [-0.3, -0.25) is 4.79 Å². The number of rotatable bonds is 4. The molecule has 2 N–H and O–H groups in total. The second kappa shape index (κ2) is 7.05. The lowest BCUT2D eigenvalue weighted by molar-refractivity contribution is -0.137. The molecule has 25 heavy (non-hydrogen) atoms. The molecule has 2 fully saturated rings. The van der Waals surface area contributed by atoms with Crippen LogP contribution in [0.2, 0.25) is 0 Å². The van der Waals surface area contributed by atoms with Gasteiger partial charge in [-0.2, -0.15) is 4.72 Å². The standard InChI is InChI=1S/C16H26N4O4S/c1-12-14(13(2)24-18-12)25(22,23)19-16(6-3-4-7-16)15(21)20-10-5-8-17-9-11-20/h17,19H,3-11H2,1-2H3. The van der Waals surface area contributed by atoms with E-state index in [1.54, 1.807) is 18.7 Å². The Kier molecular flexibility index (Phi) is 5.17. The van der Waals surface area contributed by atoms with Crippen LogP contribution in [0.15, 0.2) is 9.42 Å². The number of nitrogens with zero attached hydrogens (tertiary/aromatic N) is 2. The Morgan fingerprint density at radius 1 is 1.20 bits per heavy atom. The van der Waals surface area contributed by atoms with E-state index in [9.17, 15) is 13.2 Å². The number of hydrogen-bond donors (Lipinski definition) is 2. The van der Waals surface area contributed by atoms with Gasteiger partial charge < -0.3 is 14.7 Å². The summed E-state index contributed by atoms with van der Waals surface area (Å²) in [6, 6.07) is 0. The lowest BCUT2D eigenvalue weighted by atomic mass is 9.97. The van der Waals surface area contributed by atoms with Crippen LogP contribution in [0.4, 0.5) is 0 Å². The van der Waals surface area contributed by atoms with Gasteiger partial charge in [-0.1, -0.05) is 18.0 Å². The minimum absolute atomic E-state index is 0.0455. The van der Waals surface area contributed by atoms with E-state index in [0.717, 1.165) is 32.4 Å². The molecule has 0 unspecified atom stereocenters. The van der Waals surface area contributed by atoms with Crippen molar-refractivity contribution in [3.8, 4) is 0 Å². The van der Waals surface area contributed by atoms with Crippen LogP contribution >= 0.6 is 0 Å². The monoisotopic (exact) mass is 370 g/mol. The molecule has 8 nitrogen and oxygen atoms in total. The quantitative estimate of drug-likeness (QED) is 0.809. The molecule has 140 valence electrons. The molecule has 9 heteroatoms. The molecule has 0 aromatic carbocycles. The van der Waals surface area contributed by atoms with Gasteiger partial charge in [0.15, 0.2) is 5.76 Å². The van der Waals surface area contributed by atoms with Gasteiger partial charge in [-0.25, -0.2) is 8.42 Å². The summed E-state index contributed by atoms with van der Waals surface area (Å²) in [5, 5.41) is 7.00. The molecule has 0 atom stereocenters. The van der Waals surface area contributed by atoms with Crippen molar-refractivity contribution in [3.63, 3.8) is 0 Å². The lowest BCUT2D eigenvalue weighted by Gasteiger charge is -2.34. The van der Waals surface area contributed by atoms with E-state index in [1.165, 1.54) is 0 Å². The second-order valence-electron chi connectivity index (χ2n) is 6.94. The normalized spacial score (nSPS) is 21.3. The summed E-state index contributed by atoms with van der Waals surface area (Å²) in [5.41, 5.74) is -0.746. The molecule has 0 radical (unpaired) electrons. The van der Waals surface area contributed by atoms with Crippen LogP contribution in [0.25, 0.3) is 0 Å². The first kappa shape index (κ1) is 18.3. The van der Waals surface area contributed by atoms with Gasteiger partial charge in [-0.05, 0) is 39.7 Å². The zero-order valence-corrected chi connectivity index (χ0v) is 15.6. The maximum atomic E-state index is 13.2. The van der Waals surface area contributed by atoms with Crippen LogP contribution in [0.1, 0.15) is 43.6 Å². The van der Waals surface area contributed by atoms with E-state index in [2.05, 4.69) is 15.2 Å². The van der Waals surface area contributed by atoms with Crippen LogP contribution < -0.4 is 10.0 Å². The van der Waals surface area contributed by atoms with Gasteiger partial charge >= 0.3 is 0 Å². The third-order valence-electron chi connectivity index (χ3n) is 5.06. The van der Waals surface area contributed by atoms with E-state index in [4.69, 9.17) is 4.52 Å². The molecule has 1 aromatic heterocycles. The highest BCUT2D eigenvalue weighted by Gasteiger charge is 2.47. The fourth-order valence-corrected chi connectivity index (χ4v) is 5.61. The van der Waals surface area contributed by atoms with Gasteiger partial charge in [0, 0.05) is 19.6 Å². The topological polar surface area (TPSA) is 105 Å². The van der Waals surface area contributed by atoms with Crippen molar-refractivity contribution in [2.24, 2.45) is 0 Å². The molecule has 0 spiro atoms. The average Bonchev–Trinajstić information content (AvgIpc) is 3.04. The number of aromatic nitrogens is 1. The first-order chi connectivity index (χ1) is 11.9. The smallest absolute Gasteiger partial charge is 0.246 e. The summed E-state index contributed by atoms with van der Waals surface area (Å²) in [6.45, 7) is 6.03. The molecular formula is C16H26N4O4S. The van der Waals surface area contributed by atoms with Crippen LogP contribution in [0, 0.1) is 13.8 Å². The van der Waals surface area contributed by atoms with E-state index in [1.807, 2.05) is 0 Å². The van der Waals surface area contributed by atoms with Crippen LogP contribution in [0.3, 0.4) is 0 Å². The molecule has 3 rings (SSSR count). The van der Waals surface area contributed by atoms with Crippen molar-refractivity contribution < 1.29 is 17.7 Å². The fraction of sp³-hybridized carbons (Fsp3) is 0.750. The fourth-order valence-electron chi connectivity index (χ4n) is 3.86. The SMILES string of the molecule is Cc1noc(C)c1S(=O)(=O)NC1(C(=O)N2CCCNCC2)CCCC1. The molecule has 1 aliphatic carbocycles. The van der Waals surface area contributed by atoms with E-state index >= 15 is 0 Å². The Hall–Kier alpha value is -1.45. The van der Waals surface area contributed by atoms with Crippen molar-refractivity contribution in [1.82, 2.24) is 20.1 Å². The maximum Gasteiger partial charge on any atom is 0.246 e. The highest BCUT2D eigenvalue weighted by atomic mass is 32.2. The molecule has 1 saturated carbocycles. The summed E-state index contributed by atoms with van der Waals surface area (Å²) >= 11 is 0. The summed E-state index contributed by atoms with van der Waals surface area (Å²) in [6.07, 6.45) is 3.60. The van der Waals surface area contributed by atoms with Crippen molar-refractivity contribution in [3.05, 3.63) is 11.5 Å². The van der Waals surface area contributed by atoms with Gasteiger partial charge in [0.2, 0.25) is 15.9 Å². The molecule has 2 aliphatic rings. The maximum absolute atomic E-state index is 13.2. The summed E-state index contributed by atoms with van der Waals surface area (Å²) in [7, 11) is -3.88. The van der Waals surface area contributed by atoms with Gasteiger partial charge in [-0.15, -0.1) is 0 Å². The summed E-state index contributed by atoms with van der Waals surface area (Å²) in [4.78, 5) is 15.1. The minimum Gasteiger partial charge on any atom is -0.360 e. The van der Waals surface area contributed by atoms with E-state index in [0.29, 0.717) is 31.6 Å². The third-order valence-corrected chi connectivity index (χ3v) is 6.84. The Bertz CT molecular complexity index is 710. The van der Waals surface area contributed by atoms with Crippen LogP contribution in [-0.2, 0) is 14.8 Å². The van der Waals surface area contributed by atoms with Crippen LogP contribution in [-0.4, -0.2) is 56.1 Å². The van der Waals surface area contributed by atoms with Crippen LogP contribution in [0.5, 0.6) is 0 Å². The Labute approximate surface area is 148 Å². The Morgan fingerprint density at radius 2 is 1.92 bits per heavy atom. The zero-order valence-electron chi connectivity index (χ0n) is 14.8. The van der Waals surface area contributed by atoms with Gasteiger partial charge in [0.25, 0.3) is 0 Å². The number of carbonyl (C=O) groups is 1. The van der Waals surface area contributed by atoms with Gasteiger partial charge in [0.1, 0.15) is 16.1 Å². The molecule has 2 heterocycles. The van der Waals surface area contributed by atoms with Crippen molar-refractivity contribution >= 4 is 15.9 Å². The van der Waals surface area contributed by atoms with E-state index < -0.39 is 15.6 Å². The number of nitrogens with one attached hydrogen (secondary N) is 2. The Balaban J connectivity index is 1.89. The molecule has 1 amide bonds. The second-order valence-corrected chi connectivity index (χ2v) is 8.56. The molecular weight excluding hydrogens is 344 g/mol. The van der Waals surface area contributed by atoms with Crippen molar-refractivity contribution in [1.29, 1.82) is 0 Å². The summed E-state index contributed by atoms with van der Waals surface area (Å²) < 4.78 is 33.6. The van der Waals surface area contributed by atoms with Crippen molar-refractivity contribution in [2.75, 3.05) is 26.2 Å². The van der Waals surface area contributed by atoms with Crippen molar-refractivity contribution in [2.45, 2.75) is 56.4 Å². The predicted molar refractivity (Wildman–Crippen MR) is 91.6 cm³/mol. The molecule has 1 aliphatic heterocycles.